The number of halogens is 1. The van der Waals surface area contributed by atoms with Crippen LogP contribution in [0, 0.1) is 0 Å². The number of amides is 2. The van der Waals surface area contributed by atoms with Crippen LogP contribution in [0.4, 0.5) is 10.5 Å². The van der Waals surface area contributed by atoms with Gasteiger partial charge >= 0.3 is 6.03 Å². The van der Waals surface area contributed by atoms with E-state index < -0.39 is 16.1 Å². The highest BCUT2D eigenvalue weighted by atomic mass is 35.5. The largest absolute Gasteiger partial charge is 0.333 e. The van der Waals surface area contributed by atoms with Crippen molar-refractivity contribution in [2.75, 3.05) is 5.32 Å². The molecule has 0 heterocycles. The summed E-state index contributed by atoms with van der Waals surface area (Å²) in [5.74, 6) is 0. The molecule has 2 rings (SSSR count). The second-order valence-corrected chi connectivity index (χ2v) is 6.00. The van der Waals surface area contributed by atoms with Gasteiger partial charge in [-0.15, -0.1) is 0 Å². The second-order valence-electron chi connectivity index (χ2n) is 3.88. The molecule has 0 saturated carbocycles. The van der Waals surface area contributed by atoms with Crippen molar-refractivity contribution in [2.24, 2.45) is 0 Å². The zero-order valence-corrected chi connectivity index (χ0v) is 11.8. The van der Waals surface area contributed by atoms with Gasteiger partial charge in [0.05, 0.1) is 4.90 Å². The minimum atomic E-state index is -3.92. The highest BCUT2D eigenvalue weighted by Crippen LogP contribution is 2.14. The molecule has 5 nitrogen and oxygen atoms in total. The van der Waals surface area contributed by atoms with E-state index in [-0.39, 0.29) is 4.90 Å². The van der Waals surface area contributed by atoms with Gasteiger partial charge in [0.1, 0.15) is 0 Å². The van der Waals surface area contributed by atoms with Gasteiger partial charge < -0.3 is 5.32 Å². The summed E-state index contributed by atoms with van der Waals surface area (Å²) in [5.41, 5.74) is 0.497. The van der Waals surface area contributed by atoms with Crippen LogP contribution in [-0.4, -0.2) is 14.4 Å². The Morgan fingerprint density at radius 1 is 0.950 bits per heavy atom. The number of benzene rings is 2. The van der Waals surface area contributed by atoms with E-state index in [0.29, 0.717) is 10.7 Å². The Kier molecular flexibility index (Phi) is 4.26. The van der Waals surface area contributed by atoms with E-state index in [9.17, 15) is 13.2 Å². The summed E-state index contributed by atoms with van der Waals surface area (Å²) in [6, 6.07) is 13.2. The van der Waals surface area contributed by atoms with Crippen LogP contribution in [0.5, 0.6) is 0 Å². The summed E-state index contributed by atoms with van der Waals surface area (Å²) in [4.78, 5) is 11.6. The summed E-state index contributed by atoms with van der Waals surface area (Å²) >= 11 is 5.68. The fraction of sp³-hybridized carbons (Fsp3) is 0. The van der Waals surface area contributed by atoms with Crippen LogP contribution in [0.25, 0.3) is 0 Å². The molecule has 0 radical (unpaired) electrons. The number of urea groups is 1. The molecule has 2 amide bonds. The van der Waals surface area contributed by atoms with Crippen LogP contribution in [0.1, 0.15) is 0 Å². The van der Waals surface area contributed by atoms with Crippen LogP contribution < -0.4 is 10.0 Å². The Morgan fingerprint density at radius 2 is 1.55 bits per heavy atom. The molecular formula is C13H11ClN2O3S. The molecule has 2 aromatic rings. The number of sulfonamides is 1. The van der Waals surface area contributed by atoms with Crippen molar-refractivity contribution in [1.29, 1.82) is 0 Å². The predicted octanol–water partition coefficient (Wildman–Crippen LogP) is 2.85. The number of anilines is 1. The van der Waals surface area contributed by atoms with Crippen LogP contribution in [-0.2, 0) is 10.0 Å². The number of nitrogens with one attached hydrogen (secondary N) is 2. The number of hydrogen-bond donors (Lipinski definition) is 2. The average Bonchev–Trinajstić information content (AvgIpc) is 2.39. The summed E-state index contributed by atoms with van der Waals surface area (Å²) in [6.07, 6.45) is 0. The van der Waals surface area contributed by atoms with Gasteiger partial charge in [0.2, 0.25) is 0 Å². The molecular weight excluding hydrogens is 300 g/mol. The van der Waals surface area contributed by atoms with Gasteiger partial charge in [0.25, 0.3) is 10.0 Å². The third kappa shape index (κ3) is 3.72. The van der Waals surface area contributed by atoms with Crippen molar-refractivity contribution in [3.63, 3.8) is 0 Å². The van der Waals surface area contributed by atoms with Gasteiger partial charge in [-0.05, 0) is 36.4 Å². The van der Waals surface area contributed by atoms with Gasteiger partial charge in [-0.1, -0.05) is 29.8 Å². The summed E-state index contributed by atoms with van der Waals surface area (Å²) in [6.45, 7) is 0. The first-order chi connectivity index (χ1) is 9.47. The SMILES string of the molecule is O=C(Nc1ccccc1)NS(=O)(=O)c1ccc(Cl)cc1. The zero-order chi connectivity index (χ0) is 14.6. The first-order valence-corrected chi connectivity index (χ1v) is 7.48. The number of para-hydroxylation sites is 1. The normalized spacial score (nSPS) is 10.8. The molecule has 0 unspecified atom stereocenters. The maximum atomic E-state index is 11.9. The third-order valence-corrected chi connectivity index (χ3v) is 3.98. The molecule has 0 aliphatic heterocycles. The first kappa shape index (κ1) is 14.4. The first-order valence-electron chi connectivity index (χ1n) is 5.62. The fourth-order valence-corrected chi connectivity index (χ4v) is 2.51. The fourth-order valence-electron chi connectivity index (χ4n) is 1.47. The molecule has 0 saturated heterocycles. The van der Waals surface area contributed by atoms with Crippen LogP contribution in [0.2, 0.25) is 5.02 Å². The van der Waals surface area contributed by atoms with Gasteiger partial charge in [-0.25, -0.2) is 17.9 Å². The second kappa shape index (κ2) is 5.94. The Morgan fingerprint density at radius 3 is 2.15 bits per heavy atom. The Bertz CT molecular complexity index is 700. The van der Waals surface area contributed by atoms with E-state index >= 15 is 0 Å². The van der Waals surface area contributed by atoms with Crippen molar-refractivity contribution in [1.82, 2.24) is 4.72 Å². The standard InChI is InChI=1S/C13H11ClN2O3S/c14-10-6-8-12(9-7-10)20(18,19)16-13(17)15-11-4-2-1-3-5-11/h1-9H,(H2,15,16,17). The number of rotatable bonds is 3. The minimum Gasteiger partial charge on any atom is -0.307 e. The predicted molar refractivity (Wildman–Crippen MR) is 77.2 cm³/mol. The monoisotopic (exact) mass is 310 g/mol. The summed E-state index contributed by atoms with van der Waals surface area (Å²) in [5, 5.41) is 2.84. The maximum absolute atomic E-state index is 11.9. The van der Waals surface area contributed by atoms with Gasteiger partial charge in [0, 0.05) is 10.7 Å². The van der Waals surface area contributed by atoms with Gasteiger partial charge in [-0.2, -0.15) is 0 Å². The van der Waals surface area contributed by atoms with Gasteiger partial charge in [0.15, 0.2) is 0 Å². The van der Waals surface area contributed by atoms with Crippen molar-refractivity contribution in [2.45, 2.75) is 4.90 Å². The molecule has 2 N–H and O–H groups in total. The molecule has 0 atom stereocenters. The smallest absolute Gasteiger partial charge is 0.307 e. The lowest BCUT2D eigenvalue weighted by atomic mass is 10.3. The molecule has 0 spiro atoms. The van der Waals surface area contributed by atoms with Crippen LogP contribution in [0.3, 0.4) is 0 Å². The minimum absolute atomic E-state index is 0.0369. The molecule has 0 fully saturated rings. The molecule has 0 aromatic heterocycles. The molecule has 104 valence electrons. The van der Waals surface area contributed by atoms with E-state index in [0.717, 1.165) is 0 Å². The third-order valence-electron chi connectivity index (χ3n) is 2.38. The molecule has 2 aromatic carbocycles. The Balaban J connectivity index is 2.08. The van der Waals surface area contributed by atoms with Crippen molar-refractivity contribution < 1.29 is 13.2 Å². The molecule has 7 heteroatoms. The molecule has 0 aliphatic rings. The quantitative estimate of drug-likeness (QED) is 0.915. The lowest BCUT2D eigenvalue weighted by molar-refractivity contribution is 0.256. The van der Waals surface area contributed by atoms with Crippen molar-refractivity contribution in [3.05, 3.63) is 59.6 Å². The molecule has 0 bridgehead atoms. The van der Waals surface area contributed by atoms with Crippen molar-refractivity contribution >= 4 is 33.3 Å². The van der Waals surface area contributed by atoms with Crippen LogP contribution >= 0.6 is 11.6 Å². The van der Waals surface area contributed by atoms with E-state index in [2.05, 4.69) is 5.32 Å². The number of carbonyl (C=O) groups is 1. The zero-order valence-electron chi connectivity index (χ0n) is 10.2. The lowest BCUT2D eigenvalue weighted by Gasteiger charge is -2.08. The summed E-state index contributed by atoms with van der Waals surface area (Å²) in [7, 11) is -3.92. The topological polar surface area (TPSA) is 75.3 Å². The highest BCUT2D eigenvalue weighted by molar-refractivity contribution is 7.90. The van der Waals surface area contributed by atoms with Crippen molar-refractivity contribution in [3.8, 4) is 0 Å². The Hall–Kier alpha value is -2.05. The molecule has 0 aliphatic carbocycles. The lowest BCUT2D eigenvalue weighted by Crippen LogP contribution is -2.34. The van der Waals surface area contributed by atoms with E-state index in [1.54, 1.807) is 30.3 Å². The Labute approximate surface area is 121 Å². The number of hydrogen-bond acceptors (Lipinski definition) is 3. The maximum Gasteiger partial charge on any atom is 0.333 e. The molecule has 20 heavy (non-hydrogen) atoms. The van der Waals surface area contributed by atoms with E-state index in [4.69, 9.17) is 11.6 Å². The van der Waals surface area contributed by atoms with E-state index in [1.165, 1.54) is 24.3 Å². The van der Waals surface area contributed by atoms with E-state index in [1.807, 2.05) is 4.72 Å². The number of carbonyl (C=O) groups excluding carboxylic acids is 1. The summed E-state index contributed by atoms with van der Waals surface area (Å²) < 4.78 is 25.8. The average molecular weight is 311 g/mol. The van der Waals surface area contributed by atoms with Crippen LogP contribution in [0.15, 0.2) is 59.5 Å². The highest BCUT2D eigenvalue weighted by Gasteiger charge is 2.17. The van der Waals surface area contributed by atoms with Gasteiger partial charge in [-0.3, -0.25) is 0 Å².